The van der Waals surface area contributed by atoms with E-state index >= 15 is 0 Å². The first kappa shape index (κ1) is 8.98. The summed E-state index contributed by atoms with van der Waals surface area (Å²) >= 11 is 5.72. The number of fused-ring (bicyclic) bond motifs is 1. The number of pyridine rings is 1. The van der Waals surface area contributed by atoms with Crippen molar-refractivity contribution in [3.8, 4) is 0 Å². The van der Waals surface area contributed by atoms with E-state index in [1.165, 1.54) is 0 Å². The summed E-state index contributed by atoms with van der Waals surface area (Å²) in [6.45, 7) is 6.88. The van der Waals surface area contributed by atoms with Gasteiger partial charge in [-0.3, -0.25) is 4.98 Å². The zero-order chi connectivity index (χ0) is 9.97. The van der Waals surface area contributed by atoms with E-state index < -0.39 is 0 Å². The fraction of sp³-hybridized carbons (Fsp3) is 0.0909. The van der Waals surface area contributed by atoms with Crippen LogP contribution in [0.5, 0.6) is 0 Å². The molecule has 2 aromatic rings. The van der Waals surface area contributed by atoms with Crippen molar-refractivity contribution in [2.75, 3.05) is 0 Å². The standard InChI is InChI=1S/C11H7ClN2/c1-13-10-5-9-4-8(6-12)2-3-11(9)14-7-10/h2-5,7H,6H2. The van der Waals surface area contributed by atoms with Crippen LogP contribution in [0.2, 0.25) is 0 Å². The Hall–Kier alpha value is -1.59. The largest absolute Gasteiger partial charge is 0.268 e. The van der Waals surface area contributed by atoms with Crippen molar-refractivity contribution in [3.63, 3.8) is 0 Å². The Morgan fingerprint density at radius 2 is 2.21 bits per heavy atom. The van der Waals surface area contributed by atoms with Gasteiger partial charge in [-0.15, -0.1) is 11.6 Å². The molecule has 0 radical (unpaired) electrons. The molecule has 0 aliphatic carbocycles. The number of rotatable bonds is 1. The van der Waals surface area contributed by atoms with Gasteiger partial charge in [-0.05, 0) is 29.1 Å². The highest BCUT2D eigenvalue weighted by molar-refractivity contribution is 6.17. The Morgan fingerprint density at radius 1 is 1.36 bits per heavy atom. The normalized spacial score (nSPS) is 10.0. The molecule has 0 aliphatic rings. The molecule has 0 amide bonds. The van der Waals surface area contributed by atoms with Crippen molar-refractivity contribution in [1.82, 2.24) is 4.98 Å². The van der Waals surface area contributed by atoms with Crippen molar-refractivity contribution in [1.29, 1.82) is 0 Å². The molecule has 2 nitrogen and oxygen atoms in total. The lowest BCUT2D eigenvalue weighted by Gasteiger charge is -1.99. The van der Waals surface area contributed by atoms with E-state index in [-0.39, 0.29) is 0 Å². The topological polar surface area (TPSA) is 17.2 Å². The third-order valence-electron chi connectivity index (χ3n) is 2.01. The first-order valence-electron chi connectivity index (χ1n) is 4.15. The predicted molar refractivity (Wildman–Crippen MR) is 57.6 cm³/mol. The summed E-state index contributed by atoms with van der Waals surface area (Å²) in [5.74, 6) is 0.484. The van der Waals surface area contributed by atoms with Crippen molar-refractivity contribution < 1.29 is 0 Å². The van der Waals surface area contributed by atoms with Crippen LogP contribution in [0.3, 0.4) is 0 Å². The van der Waals surface area contributed by atoms with Crippen molar-refractivity contribution >= 4 is 28.2 Å². The lowest BCUT2D eigenvalue weighted by Crippen LogP contribution is -1.81. The molecule has 1 heterocycles. The highest BCUT2D eigenvalue weighted by Crippen LogP contribution is 2.20. The molecule has 68 valence electrons. The smallest absolute Gasteiger partial charge is 0.205 e. The number of nitrogens with zero attached hydrogens (tertiary/aromatic N) is 2. The summed E-state index contributed by atoms with van der Waals surface area (Å²) in [4.78, 5) is 7.50. The average Bonchev–Trinajstić information content (AvgIpc) is 2.27. The van der Waals surface area contributed by atoms with Crippen LogP contribution in [0.25, 0.3) is 15.7 Å². The Balaban J connectivity index is 2.67. The van der Waals surface area contributed by atoms with Crippen LogP contribution in [-0.2, 0) is 5.88 Å². The molecule has 0 spiro atoms. The molecule has 0 aliphatic heterocycles. The minimum Gasteiger partial charge on any atom is -0.268 e. The van der Waals surface area contributed by atoms with Gasteiger partial charge in [0.1, 0.15) is 0 Å². The summed E-state index contributed by atoms with van der Waals surface area (Å²) < 4.78 is 0. The Morgan fingerprint density at radius 3 is 2.93 bits per heavy atom. The number of alkyl halides is 1. The van der Waals surface area contributed by atoms with E-state index in [1.807, 2.05) is 24.3 Å². The van der Waals surface area contributed by atoms with Crippen molar-refractivity contribution in [2.45, 2.75) is 5.88 Å². The highest BCUT2D eigenvalue weighted by Gasteiger charge is 1.98. The molecule has 14 heavy (non-hydrogen) atoms. The monoisotopic (exact) mass is 202 g/mol. The summed E-state index contributed by atoms with van der Waals surface area (Å²) in [6, 6.07) is 7.65. The number of hydrogen-bond donors (Lipinski definition) is 0. The lowest BCUT2D eigenvalue weighted by molar-refractivity contribution is 1.38. The van der Waals surface area contributed by atoms with Crippen LogP contribution in [0.4, 0.5) is 5.69 Å². The molecule has 0 bridgehead atoms. The van der Waals surface area contributed by atoms with E-state index in [0.29, 0.717) is 11.6 Å². The SMILES string of the molecule is [C-]#[N+]c1cnc2ccc(CCl)cc2c1. The molecule has 2 rings (SSSR count). The molecule has 0 unspecified atom stereocenters. The third kappa shape index (κ3) is 1.55. The Kier molecular flexibility index (Phi) is 2.34. The number of benzene rings is 1. The van der Waals surface area contributed by atoms with Crippen LogP contribution in [0.15, 0.2) is 30.5 Å². The maximum Gasteiger partial charge on any atom is 0.205 e. The van der Waals surface area contributed by atoms with Gasteiger partial charge in [-0.1, -0.05) is 6.07 Å². The minimum absolute atomic E-state index is 0.484. The average molecular weight is 203 g/mol. The second-order valence-electron chi connectivity index (χ2n) is 2.97. The maximum absolute atomic E-state index is 6.88. The van der Waals surface area contributed by atoms with Gasteiger partial charge in [0.15, 0.2) is 0 Å². The zero-order valence-electron chi connectivity index (χ0n) is 7.37. The first-order valence-corrected chi connectivity index (χ1v) is 4.69. The minimum atomic E-state index is 0.484. The van der Waals surface area contributed by atoms with Gasteiger partial charge in [0, 0.05) is 12.1 Å². The molecule has 0 fully saturated rings. The second-order valence-corrected chi connectivity index (χ2v) is 3.23. The molecule has 0 N–H and O–H groups in total. The van der Waals surface area contributed by atoms with Gasteiger partial charge in [-0.2, -0.15) is 0 Å². The molecular formula is C11H7ClN2. The van der Waals surface area contributed by atoms with E-state index in [1.54, 1.807) is 6.20 Å². The number of hydrogen-bond acceptors (Lipinski definition) is 1. The second kappa shape index (κ2) is 3.65. The lowest BCUT2D eigenvalue weighted by atomic mass is 10.1. The van der Waals surface area contributed by atoms with Crippen molar-refractivity contribution in [2.24, 2.45) is 0 Å². The van der Waals surface area contributed by atoms with Crippen molar-refractivity contribution in [3.05, 3.63) is 47.4 Å². The summed E-state index contributed by atoms with van der Waals surface area (Å²) in [7, 11) is 0. The quantitative estimate of drug-likeness (QED) is 0.511. The van der Waals surface area contributed by atoms with E-state index in [2.05, 4.69) is 9.83 Å². The molecular weight excluding hydrogens is 196 g/mol. The molecule has 0 saturated carbocycles. The van der Waals surface area contributed by atoms with Crippen LogP contribution in [0.1, 0.15) is 5.56 Å². The molecule has 0 saturated heterocycles. The first-order chi connectivity index (χ1) is 6.83. The fourth-order valence-electron chi connectivity index (χ4n) is 1.31. The summed E-state index contributed by atoms with van der Waals surface area (Å²) in [5, 5.41) is 0.969. The van der Waals surface area contributed by atoms with Gasteiger partial charge in [0.2, 0.25) is 5.69 Å². The van der Waals surface area contributed by atoms with E-state index in [0.717, 1.165) is 16.5 Å². The van der Waals surface area contributed by atoms with Gasteiger partial charge < -0.3 is 0 Å². The number of aromatic nitrogens is 1. The molecule has 1 aromatic heterocycles. The van der Waals surface area contributed by atoms with E-state index in [4.69, 9.17) is 18.2 Å². The third-order valence-corrected chi connectivity index (χ3v) is 2.32. The Labute approximate surface area is 87.0 Å². The molecule has 3 heteroatoms. The van der Waals surface area contributed by atoms with Crippen LogP contribution < -0.4 is 0 Å². The Bertz CT molecular complexity index is 514. The van der Waals surface area contributed by atoms with Crippen LogP contribution >= 0.6 is 11.6 Å². The predicted octanol–water partition coefficient (Wildman–Crippen LogP) is 3.52. The molecule has 1 aromatic carbocycles. The van der Waals surface area contributed by atoms with Gasteiger partial charge in [-0.25, -0.2) is 4.85 Å². The number of halogens is 1. The zero-order valence-corrected chi connectivity index (χ0v) is 8.12. The fourth-order valence-corrected chi connectivity index (χ4v) is 1.48. The summed E-state index contributed by atoms with van der Waals surface area (Å²) in [6.07, 6.45) is 1.58. The van der Waals surface area contributed by atoms with E-state index in [9.17, 15) is 0 Å². The summed E-state index contributed by atoms with van der Waals surface area (Å²) in [5.41, 5.74) is 2.50. The highest BCUT2D eigenvalue weighted by atomic mass is 35.5. The molecule has 0 atom stereocenters. The van der Waals surface area contributed by atoms with Gasteiger partial charge in [0.25, 0.3) is 0 Å². The maximum atomic E-state index is 6.88. The van der Waals surface area contributed by atoms with Crippen LogP contribution in [0, 0.1) is 6.57 Å². The van der Waals surface area contributed by atoms with Gasteiger partial charge >= 0.3 is 0 Å². The van der Waals surface area contributed by atoms with Crippen LogP contribution in [-0.4, -0.2) is 4.98 Å². The van der Waals surface area contributed by atoms with Gasteiger partial charge in [0.05, 0.1) is 12.1 Å².